The number of carbonyl (C=O) groups excluding carboxylic acids is 1. The summed E-state index contributed by atoms with van der Waals surface area (Å²) in [6.45, 7) is 6.47. The van der Waals surface area contributed by atoms with Crippen LogP contribution in [0.3, 0.4) is 0 Å². The van der Waals surface area contributed by atoms with Crippen LogP contribution in [0.15, 0.2) is 12.3 Å². The van der Waals surface area contributed by atoms with E-state index in [2.05, 4.69) is 24.3 Å². The third-order valence-corrected chi connectivity index (χ3v) is 2.21. The molecule has 102 valence electrons. The third-order valence-electron chi connectivity index (χ3n) is 2.21. The Bertz CT molecular complexity index is 363. The Balaban J connectivity index is 2.03. The van der Waals surface area contributed by atoms with E-state index in [9.17, 15) is 4.79 Å². The highest BCUT2D eigenvalue weighted by Gasteiger charge is 2.03. The molecule has 0 fully saturated rings. The van der Waals surface area contributed by atoms with E-state index in [0.717, 1.165) is 13.0 Å². The van der Waals surface area contributed by atoms with Gasteiger partial charge in [0.05, 0.1) is 0 Å². The number of hydrogen-bond acceptors (Lipinski definition) is 4. The summed E-state index contributed by atoms with van der Waals surface area (Å²) in [6.07, 6.45) is 2.50. The lowest BCUT2D eigenvalue weighted by atomic mass is 10.2. The normalized spacial score (nSPS) is 10.8. The summed E-state index contributed by atoms with van der Waals surface area (Å²) in [5.41, 5.74) is 5.45. The highest BCUT2D eigenvalue weighted by Crippen LogP contribution is 1.95. The van der Waals surface area contributed by atoms with Crippen molar-refractivity contribution in [2.75, 3.05) is 25.5 Å². The number of nitrogen functional groups attached to an aromatic ring is 1. The van der Waals surface area contributed by atoms with Crippen LogP contribution in [0.2, 0.25) is 0 Å². The minimum absolute atomic E-state index is 0.0676. The first-order chi connectivity index (χ1) is 8.58. The maximum Gasteiger partial charge on any atom is 0.241 e. The first-order valence-corrected chi connectivity index (χ1v) is 6.21. The topological polar surface area (TPSA) is 82.2 Å². The molecule has 0 spiro atoms. The van der Waals surface area contributed by atoms with Gasteiger partial charge < -0.3 is 15.8 Å². The molecule has 1 aromatic rings. The summed E-state index contributed by atoms with van der Waals surface area (Å²) < 4.78 is 6.93. The molecule has 0 radical (unpaired) electrons. The first kappa shape index (κ1) is 14.5. The fraction of sp³-hybridized carbons (Fsp3) is 0.667. The van der Waals surface area contributed by atoms with Gasteiger partial charge in [-0.15, -0.1) is 0 Å². The lowest BCUT2D eigenvalue weighted by Crippen LogP contribution is -2.29. The van der Waals surface area contributed by atoms with Crippen LogP contribution in [0.4, 0.5) is 5.82 Å². The molecule has 1 rings (SSSR count). The van der Waals surface area contributed by atoms with Crippen LogP contribution in [-0.4, -0.2) is 35.4 Å². The maximum absolute atomic E-state index is 11.5. The molecular formula is C12H22N4O2. The number of ether oxygens (including phenoxy) is 1. The van der Waals surface area contributed by atoms with Gasteiger partial charge in [0.15, 0.2) is 0 Å². The van der Waals surface area contributed by atoms with E-state index in [1.807, 2.05) is 0 Å². The molecule has 6 nitrogen and oxygen atoms in total. The minimum atomic E-state index is -0.0676. The molecule has 1 aromatic heterocycles. The molecule has 0 atom stereocenters. The standard InChI is InChI=1S/C12H22N4O2/c1-10(2)9-18-7-3-5-14-12(17)8-16-6-4-11(13)15-16/h4,6,10H,3,5,7-9H2,1-2H3,(H2,13,15)(H,14,17). The molecular weight excluding hydrogens is 232 g/mol. The van der Waals surface area contributed by atoms with Crippen molar-refractivity contribution in [2.45, 2.75) is 26.8 Å². The summed E-state index contributed by atoms with van der Waals surface area (Å²) in [5, 5.41) is 6.74. The Kier molecular flexibility index (Phi) is 6.21. The molecule has 0 aromatic carbocycles. The predicted molar refractivity (Wildman–Crippen MR) is 69.9 cm³/mol. The molecule has 1 heterocycles. The number of hydrogen-bond donors (Lipinski definition) is 2. The van der Waals surface area contributed by atoms with Crippen molar-refractivity contribution in [2.24, 2.45) is 5.92 Å². The molecule has 6 heteroatoms. The molecule has 18 heavy (non-hydrogen) atoms. The molecule has 0 aliphatic rings. The van der Waals surface area contributed by atoms with Crippen molar-refractivity contribution in [3.8, 4) is 0 Å². The summed E-state index contributed by atoms with van der Waals surface area (Å²) in [5.74, 6) is 0.900. The maximum atomic E-state index is 11.5. The van der Waals surface area contributed by atoms with Crippen LogP contribution in [0.25, 0.3) is 0 Å². The van der Waals surface area contributed by atoms with E-state index in [1.54, 1.807) is 12.3 Å². The number of aromatic nitrogens is 2. The number of nitrogens with zero attached hydrogens (tertiary/aromatic N) is 2. The van der Waals surface area contributed by atoms with E-state index >= 15 is 0 Å². The largest absolute Gasteiger partial charge is 0.382 e. The summed E-state index contributed by atoms with van der Waals surface area (Å²) >= 11 is 0. The zero-order valence-corrected chi connectivity index (χ0v) is 11.1. The van der Waals surface area contributed by atoms with Gasteiger partial charge in [-0.25, -0.2) is 0 Å². The summed E-state index contributed by atoms with van der Waals surface area (Å²) in [7, 11) is 0. The van der Waals surface area contributed by atoms with Crippen LogP contribution in [0.5, 0.6) is 0 Å². The second-order valence-electron chi connectivity index (χ2n) is 4.61. The van der Waals surface area contributed by atoms with E-state index in [-0.39, 0.29) is 12.5 Å². The monoisotopic (exact) mass is 254 g/mol. The fourth-order valence-electron chi connectivity index (χ4n) is 1.39. The van der Waals surface area contributed by atoms with Gasteiger partial charge in [-0.05, 0) is 18.4 Å². The second kappa shape index (κ2) is 7.71. The Morgan fingerprint density at radius 2 is 2.39 bits per heavy atom. The predicted octanol–water partition coefficient (Wildman–Crippen LogP) is 0.644. The summed E-state index contributed by atoms with van der Waals surface area (Å²) in [4.78, 5) is 11.5. The Hall–Kier alpha value is -1.56. The minimum Gasteiger partial charge on any atom is -0.382 e. The van der Waals surface area contributed by atoms with Crippen molar-refractivity contribution in [3.63, 3.8) is 0 Å². The van der Waals surface area contributed by atoms with E-state index < -0.39 is 0 Å². The van der Waals surface area contributed by atoms with Gasteiger partial charge in [0.1, 0.15) is 12.4 Å². The van der Waals surface area contributed by atoms with Gasteiger partial charge in [0.2, 0.25) is 5.91 Å². The Labute approximate surface area is 107 Å². The van der Waals surface area contributed by atoms with Gasteiger partial charge in [-0.2, -0.15) is 5.10 Å². The zero-order valence-electron chi connectivity index (χ0n) is 11.1. The van der Waals surface area contributed by atoms with Crippen molar-refractivity contribution < 1.29 is 9.53 Å². The number of anilines is 1. The Morgan fingerprint density at radius 3 is 3.00 bits per heavy atom. The van der Waals surface area contributed by atoms with Gasteiger partial charge >= 0.3 is 0 Å². The van der Waals surface area contributed by atoms with Crippen LogP contribution in [-0.2, 0) is 16.1 Å². The summed E-state index contributed by atoms with van der Waals surface area (Å²) in [6, 6.07) is 1.66. The number of amides is 1. The fourth-order valence-corrected chi connectivity index (χ4v) is 1.39. The second-order valence-corrected chi connectivity index (χ2v) is 4.61. The van der Waals surface area contributed by atoms with E-state index in [4.69, 9.17) is 10.5 Å². The number of carbonyl (C=O) groups is 1. The Morgan fingerprint density at radius 1 is 1.61 bits per heavy atom. The van der Waals surface area contributed by atoms with Crippen molar-refractivity contribution in [1.29, 1.82) is 0 Å². The molecule has 3 N–H and O–H groups in total. The van der Waals surface area contributed by atoms with Gasteiger partial charge in [-0.3, -0.25) is 9.48 Å². The molecule has 0 saturated heterocycles. The lowest BCUT2D eigenvalue weighted by molar-refractivity contribution is -0.121. The molecule has 0 aliphatic carbocycles. The molecule has 0 saturated carbocycles. The van der Waals surface area contributed by atoms with Crippen molar-refractivity contribution >= 4 is 11.7 Å². The highest BCUT2D eigenvalue weighted by molar-refractivity contribution is 5.75. The molecule has 0 aliphatic heterocycles. The number of nitrogens with two attached hydrogens (primary N) is 1. The first-order valence-electron chi connectivity index (χ1n) is 6.21. The van der Waals surface area contributed by atoms with E-state index in [1.165, 1.54) is 4.68 Å². The van der Waals surface area contributed by atoms with Gasteiger partial charge in [0.25, 0.3) is 0 Å². The van der Waals surface area contributed by atoms with Crippen LogP contribution in [0.1, 0.15) is 20.3 Å². The number of rotatable bonds is 8. The average molecular weight is 254 g/mol. The van der Waals surface area contributed by atoms with Crippen LogP contribution in [0, 0.1) is 5.92 Å². The van der Waals surface area contributed by atoms with Gasteiger partial charge in [0, 0.05) is 26.0 Å². The zero-order chi connectivity index (χ0) is 13.4. The average Bonchev–Trinajstić information content (AvgIpc) is 2.68. The van der Waals surface area contributed by atoms with E-state index in [0.29, 0.717) is 24.9 Å². The molecule has 0 bridgehead atoms. The third kappa shape index (κ3) is 6.24. The lowest BCUT2D eigenvalue weighted by Gasteiger charge is -2.07. The highest BCUT2D eigenvalue weighted by atomic mass is 16.5. The quantitative estimate of drug-likeness (QED) is 0.667. The van der Waals surface area contributed by atoms with Crippen molar-refractivity contribution in [3.05, 3.63) is 12.3 Å². The molecule has 0 unspecified atom stereocenters. The molecule has 1 amide bonds. The van der Waals surface area contributed by atoms with Crippen molar-refractivity contribution in [1.82, 2.24) is 15.1 Å². The smallest absolute Gasteiger partial charge is 0.241 e. The van der Waals surface area contributed by atoms with Crippen LogP contribution >= 0.6 is 0 Å². The van der Waals surface area contributed by atoms with Crippen LogP contribution < -0.4 is 11.1 Å². The van der Waals surface area contributed by atoms with Gasteiger partial charge in [-0.1, -0.05) is 13.8 Å². The number of nitrogens with one attached hydrogen (secondary N) is 1. The SMILES string of the molecule is CC(C)COCCCNC(=O)Cn1ccc(N)n1.